The second-order valence-corrected chi connectivity index (χ2v) is 6.81. The van der Waals surface area contributed by atoms with Gasteiger partial charge in [0.1, 0.15) is 5.82 Å². The molecule has 1 amide bonds. The van der Waals surface area contributed by atoms with Crippen LogP contribution in [0.5, 0.6) is 0 Å². The number of nitrogens with one attached hydrogen (secondary N) is 1. The number of aromatic nitrogens is 3. The molecule has 1 aromatic heterocycles. The van der Waals surface area contributed by atoms with Crippen LogP contribution < -0.4 is 5.32 Å². The molecule has 0 atom stereocenters. The number of carbonyl (C=O) groups excluding carboxylic acids is 1. The monoisotopic (exact) mass is 352 g/mol. The lowest BCUT2D eigenvalue weighted by molar-refractivity contribution is -0.114. The molecule has 6 heteroatoms. The Morgan fingerprint density at radius 3 is 2.60 bits per heavy atom. The summed E-state index contributed by atoms with van der Waals surface area (Å²) < 4.78 is 2.00. The first-order valence-electron chi connectivity index (χ1n) is 8.01. The highest BCUT2D eigenvalue weighted by atomic mass is 32.2. The van der Waals surface area contributed by atoms with Gasteiger partial charge >= 0.3 is 0 Å². The lowest BCUT2D eigenvalue weighted by atomic mass is 10.2. The summed E-state index contributed by atoms with van der Waals surface area (Å²) in [6.45, 7) is 5.51. The topological polar surface area (TPSA) is 59.8 Å². The zero-order valence-electron chi connectivity index (χ0n) is 14.5. The molecular formula is C19H20N4OS. The van der Waals surface area contributed by atoms with Crippen molar-refractivity contribution in [2.24, 2.45) is 0 Å². The largest absolute Gasteiger partial charge is 0.326 e. The molecule has 1 heterocycles. The average Bonchev–Trinajstić information content (AvgIpc) is 2.95. The normalized spacial score (nSPS) is 10.7. The zero-order valence-corrected chi connectivity index (χ0v) is 15.3. The molecule has 5 nitrogen and oxygen atoms in total. The molecule has 0 aliphatic rings. The maximum Gasteiger partial charge on any atom is 0.221 e. The van der Waals surface area contributed by atoms with Gasteiger partial charge in [0.25, 0.3) is 0 Å². The Kier molecular flexibility index (Phi) is 5.19. The zero-order chi connectivity index (χ0) is 17.8. The Labute approximate surface area is 151 Å². The van der Waals surface area contributed by atoms with E-state index in [0.29, 0.717) is 0 Å². The summed E-state index contributed by atoms with van der Waals surface area (Å²) in [4.78, 5) is 11.3. The second-order valence-electron chi connectivity index (χ2n) is 5.87. The molecule has 0 fully saturated rings. The van der Waals surface area contributed by atoms with Crippen molar-refractivity contribution in [3.05, 3.63) is 65.5 Å². The van der Waals surface area contributed by atoms with Crippen molar-refractivity contribution in [1.29, 1.82) is 0 Å². The van der Waals surface area contributed by atoms with Crippen molar-refractivity contribution in [2.75, 3.05) is 5.32 Å². The molecule has 1 N–H and O–H groups in total. The average molecular weight is 352 g/mol. The number of thioether (sulfide) groups is 1. The molecule has 0 saturated carbocycles. The third-order valence-corrected chi connectivity index (χ3v) is 4.71. The van der Waals surface area contributed by atoms with E-state index in [4.69, 9.17) is 0 Å². The van der Waals surface area contributed by atoms with Crippen LogP contribution in [0.25, 0.3) is 5.69 Å². The van der Waals surface area contributed by atoms with E-state index in [0.717, 1.165) is 28.1 Å². The van der Waals surface area contributed by atoms with Gasteiger partial charge in [0.05, 0.1) is 5.69 Å². The fraction of sp³-hybridized carbons (Fsp3) is 0.211. The van der Waals surface area contributed by atoms with Gasteiger partial charge in [-0.2, -0.15) is 0 Å². The minimum Gasteiger partial charge on any atom is -0.326 e. The van der Waals surface area contributed by atoms with Crippen molar-refractivity contribution in [2.45, 2.75) is 31.7 Å². The van der Waals surface area contributed by atoms with Gasteiger partial charge < -0.3 is 5.32 Å². The molecular weight excluding hydrogens is 332 g/mol. The highest BCUT2D eigenvalue weighted by molar-refractivity contribution is 7.98. The number of rotatable bonds is 5. The van der Waals surface area contributed by atoms with Gasteiger partial charge in [0.15, 0.2) is 5.16 Å². The number of amides is 1. The maximum absolute atomic E-state index is 11.3. The molecule has 0 aliphatic carbocycles. The van der Waals surface area contributed by atoms with Crippen LogP contribution in [0.3, 0.4) is 0 Å². The van der Waals surface area contributed by atoms with Crippen molar-refractivity contribution >= 4 is 23.4 Å². The van der Waals surface area contributed by atoms with Crippen molar-refractivity contribution in [3.8, 4) is 5.69 Å². The van der Waals surface area contributed by atoms with E-state index in [1.807, 2.05) is 35.8 Å². The SMILES string of the molecule is CC(=O)Nc1cccc(-n2c(C)nnc2SCc2ccc(C)cc2)c1. The highest BCUT2D eigenvalue weighted by Crippen LogP contribution is 2.26. The molecule has 3 rings (SSSR count). The van der Waals surface area contributed by atoms with Gasteiger partial charge in [-0.15, -0.1) is 10.2 Å². The summed E-state index contributed by atoms with van der Waals surface area (Å²) in [7, 11) is 0. The fourth-order valence-electron chi connectivity index (χ4n) is 2.49. The first kappa shape index (κ1) is 17.2. The summed E-state index contributed by atoms with van der Waals surface area (Å²) in [5.41, 5.74) is 4.19. The Hall–Kier alpha value is -2.60. The number of hydrogen-bond acceptors (Lipinski definition) is 4. The number of hydrogen-bond donors (Lipinski definition) is 1. The molecule has 3 aromatic rings. The molecule has 25 heavy (non-hydrogen) atoms. The quantitative estimate of drug-likeness (QED) is 0.701. The number of benzene rings is 2. The minimum atomic E-state index is -0.0911. The summed E-state index contributed by atoms with van der Waals surface area (Å²) in [5, 5.41) is 12.2. The van der Waals surface area contributed by atoms with E-state index >= 15 is 0 Å². The van der Waals surface area contributed by atoms with Crippen LogP contribution >= 0.6 is 11.8 Å². The van der Waals surface area contributed by atoms with Gasteiger partial charge in [0, 0.05) is 18.4 Å². The molecule has 0 spiro atoms. The second kappa shape index (κ2) is 7.53. The number of nitrogens with zero attached hydrogens (tertiary/aromatic N) is 3. The van der Waals surface area contributed by atoms with Crippen LogP contribution in [-0.2, 0) is 10.5 Å². The van der Waals surface area contributed by atoms with Gasteiger partial charge in [-0.25, -0.2) is 0 Å². The third-order valence-electron chi connectivity index (χ3n) is 3.71. The predicted octanol–water partition coefficient (Wildman–Crippen LogP) is 4.13. The molecule has 2 aromatic carbocycles. The summed E-state index contributed by atoms with van der Waals surface area (Å²) >= 11 is 1.64. The molecule has 0 aliphatic heterocycles. The summed E-state index contributed by atoms with van der Waals surface area (Å²) in [6, 6.07) is 16.2. The molecule has 0 saturated heterocycles. The van der Waals surface area contributed by atoms with Crippen molar-refractivity contribution < 1.29 is 4.79 Å². The molecule has 128 valence electrons. The molecule has 0 unspecified atom stereocenters. The Balaban J connectivity index is 1.84. The molecule has 0 radical (unpaired) electrons. The van der Waals surface area contributed by atoms with Gasteiger partial charge in [-0.05, 0) is 37.6 Å². The van der Waals surface area contributed by atoms with Crippen LogP contribution in [0.4, 0.5) is 5.69 Å². The summed E-state index contributed by atoms with van der Waals surface area (Å²) in [5.74, 6) is 1.54. The maximum atomic E-state index is 11.3. The Morgan fingerprint density at radius 2 is 1.88 bits per heavy atom. The number of carbonyl (C=O) groups is 1. The van der Waals surface area contributed by atoms with Crippen LogP contribution in [0.1, 0.15) is 23.9 Å². The van der Waals surface area contributed by atoms with Crippen molar-refractivity contribution in [3.63, 3.8) is 0 Å². The van der Waals surface area contributed by atoms with Crippen LogP contribution in [0.15, 0.2) is 53.7 Å². The van der Waals surface area contributed by atoms with Crippen LogP contribution in [-0.4, -0.2) is 20.7 Å². The predicted molar refractivity (Wildman–Crippen MR) is 101 cm³/mol. The van der Waals surface area contributed by atoms with Gasteiger partial charge in [-0.3, -0.25) is 9.36 Å². The van der Waals surface area contributed by atoms with E-state index in [1.54, 1.807) is 11.8 Å². The minimum absolute atomic E-state index is 0.0911. The Morgan fingerprint density at radius 1 is 1.12 bits per heavy atom. The smallest absolute Gasteiger partial charge is 0.221 e. The fourth-order valence-corrected chi connectivity index (χ4v) is 3.45. The van der Waals surface area contributed by atoms with E-state index in [1.165, 1.54) is 18.1 Å². The highest BCUT2D eigenvalue weighted by Gasteiger charge is 2.12. The standard InChI is InChI=1S/C19H20N4OS/c1-13-7-9-16(10-8-13)12-25-19-22-21-14(2)23(19)18-6-4-5-17(11-18)20-15(3)24/h4-11H,12H2,1-3H3,(H,20,24). The third kappa shape index (κ3) is 4.28. The van der Waals surface area contributed by atoms with Gasteiger partial charge in [-0.1, -0.05) is 47.7 Å². The first-order chi connectivity index (χ1) is 12.0. The number of anilines is 1. The van der Waals surface area contributed by atoms with E-state index in [9.17, 15) is 4.79 Å². The number of aryl methyl sites for hydroxylation is 2. The van der Waals surface area contributed by atoms with Crippen LogP contribution in [0, 0.1) is 13.8 Å². The van der Waals surface area contributed by atoms with Crippen LogP contribution in [0.2, 0.25) is 0 Å². The van der Waals surface area contributed by atoms with E-state index in [-0.39, 0.29) is 5.91 Å². The van der Waals surface area contributed by atoms with Crippen molar-refractivity contribution in [1.82, 2.24) is 14.8 Å². The lowest BCUT2D eigenvalue weighted by Gasteiger charge is -2.10. The van der Waals surface area contributed by atoms with E-state index < -0.39 is 0 Å². The van der Waals surface area contributed by atoms with Gasteiger partial charge in [0.2, 0.25) is 5.91 Å². The summed E-state index contributed by atoms with van der Waals surface area (Å²) in [6.07, 6.45) is 0. The lowest BCUT2D eigenvalue weighted by Crippen LogP contribution is -2.07. The first-order valence-corrected chi connectivity index (χ1v) is 9.00. The molecule has 0 bridgehead atoms. The van der Waals surface area contributed by atoms with E-state index in [2.05, 4.69) is 46.7 Å². The Bertz CT molecular complexity index is 887.